The van der Waals surface area contributed by atoms with Crippen molar-refractivity contribution in [1.82, 2.24) is 20.2 Å². The number of nitrogens with two attached hydrogens (primary N) is 1. The minimum atomic E-state index is -5.82. The van der Waals surface area contributed by atoms with Crippen LogP contribution in [0.2, 0.25) is 0 Å². The summed E-state index contributed by atoms with van der Waals surface area (Å²) in [4.78, 5) is 100. The molecular formula is C47H61N6O29P3S4. The molecule has 0 bridgehead atoms. The second-order valence-corrected chi connectivity index (χ2v) is 29.5. The first-order valence-corrected chi connectivity index (χ1v) is 35.4. The van der Waals surface area contributed by atoms with Gasteiger partial charge in [-0.3, -0.25) is 43.0 Å². The van der Waals surface area contributed by atoms with Crippen LogP contribution in [0, 0.1) is 12.3 Å². The number of nitrogens with zero attached hydrogens (tertiary/aromatic N) is 1. The van der Waals surface area contributed by atoms with Gasteiger partial charge in [-0.15, -0.1) is 0 Å². The molecule has 1 fully saturated rings. The summed E-state index contributed by atoms with van der Waals surface area (Å²) >= 11 is 0. The van der Waals surface area contributed by atoms with Gasteiger partial charge in [-0.1, -0.05) is 27.7 Å². The normalized spacial score (nSPS) is 17.2. The van der Waals surface area contributed by atoms with Crippen LogP contribution in [0.4, 0.5) is 5.69 Å². The van der Waals surface area contributed by atoms with Crippen molar-refractivity contribution in [1.29, 1.82) is 5.41 Å². The first kappa shape index (κ1) is 72.8. The summed E-state index contributed by atoms with van der Waals surface area (Å²) in [5.74, 6) is -3.39. The van der Waals surface area contributed by atoms with Crippen LogP contribution < -0.4 is 33.0 Å². The zero-order valence-corrected chi connectivity index (χ0v) is 52.8. The molecule has 5 atom stereocenters. The Kier molecular flexibility index (Phi) is 25.3. The number of phosphoric ester groups is 1. The molecule has 6 rings (SSSR count). The van der Waals surface area contributed by atoms with E-state index in [1.807, 2.05) is 13.8 Å². The van der Waals surface area contributed by atoms with E-state index in [-0.39, 0.29) is 124 Å². The molecule has 0 spiro atoms. The molecule has 2 aliphatic heterocycles. The van der Waals surface area contributed by atoms with Gasteiger partial charge in [0.05, 0.1) is 82.2 Å². The van der Waals surface area contributed by atoms with Crippen molar-refractivity contribution in [3.8, 4) is 22.5 Å². The second-order valence-electron chi connectivity index (χ2n) is 19.4. The third-order valence-electron chi connectivity index (χ3n) is 12.2. The number of rotatable bonds is 35. The van der Waals surface area contributed by atoms with Crippen molar-refractivity contribution in [3.05, 3.63) is 91.5 Å². The van der Waals surface area contributed by atoms with E-state index in [1.165, 1.54) is 59.0 Å². The van der Waals surface area contributed by atoms with E-state index in [4.69, 9.17) is 58.3 Å². The van der Waals surface area contributed by atoms with Gasteiger partial charge in [0, 0.05) is 64.5 Å². The van der Waals surface area contributed by atoms with Crippen molar-refractivity contribution in [2.75, 3.05) is 84.2 Å². The maximum atomic E-state index is 13.2. The number of hydrogen-bond acceptors (Lipinski definition) is 26. The number of aromatic amines is 1. The largest absolute Gasteiger partial charge is 0.490 e. The molecule has 2 aromatic carbocycles. The van der Waals surface area contributed by atoms with Gasteiger partial charge in [-0.05, 0) is 62.7 Å². The smallest absolute Gasteiger partial charge is 0.478 e. The van der Waals surface area contributed by atoms with Crippen LogP contribution in [0.3, 0.4) is 0 Å². The molecule has 492 valence electrons. The number of benzene rings is 3. The van der Waals surface area contributed by atoms with Crippen LogP contribution in [0.5, 0.6) is 0 Å². The highest BCUT2D eigenvalue weighted by Crippen LogP contribution is 2.66. The maximum Gasteiger partial charge on any atom is 0.490 e. The lowest BCUT2D eigenvalue weighted by Gasteiger charge is -2.24. The Morgan fingerprint density at radius 1 is 0.843 bits per heavy atom. The summed E-state index contributed by atoms with van der Waals surface area (Å²) in [6.07, 6.45) is -2.14. The molecule has 3 aromatic rings. The number of ether oxygens (including phenoxy) is 6. The average molecular weight is 1400 g/mol. The Morgan fingerprint density at radius 2 is 1.46 bits per heavy atom. The zero-order valence-electron chi connectivity index (χ0n) is 46.9. The fraction of sp³-hybridized carbons (Fsp3) is 0.447. The quantitative estimate of drug-likeness (QED) is 0.00528. The Hall–Kier alpha value is -5.29. The summed E-state index contributed by atoms with van der Waals surface area (Å²) < 4.78 is 157. The minimum absolute atomic E-state index is 0.0180. The van der Waals surface area contributed by atoms with Crippen LogP contribution in [0.25, 0.3) is 33.4 Å². The zero-order chi connectivity index (χ0) is 65.9. The number of anilines is 1. The lowest BCUT2D eigenvalue weighted by atomic mass is 9.89. The average Bonchev–Trinajstić information content (AvgIpc) is 0.881. The monoisotopic (exact) mass is 1390 g/mol. The number of hydrogen-bond donors (Lipinski definition) is 12. The number of aromatic carboxylic acids is 1. The van der Waals surface area contributed by atoms with Crippen LogP contribution in [-0.2, 0) is 80.3 Å². The number of aromatic nitrogens is 2. The first-order valence-electron chi connectivity index (χ1n) is 25.7. The molecule has 13 N–H and O–H groups in total. The topological polar surface area (TPSA) is 537 Å². The number of carboxylic acids is 1. The molecule has 3 aliphatic rings. The number of nitrogens with one attached hydrogen (secondary N) is 4. The van der Waals surface area contributed by atoms with Crippen LogP contribution >= 0.6 is 45.1 Å². The molecule has 0 radical (unpaired) electrons. The fourth-order valence-electron chi connectivity index (χ4n) is 8.34. The summed E-state index contributed by atoms with van der Waals surface area (Å²) in [5, 5.41) is 23.0. The Balaban J connectivity index is 0.849. The Morgan fingerprint density at radius 3 is 2.08 bits per heavy atom. The van der Waals surface area contributed by atoms with Gasteiger partial charge < -0.3 is 73.9 Å². The molecule has 1 aliphatic carbocycles. The predicted octanol–water partition coefficient (Wildman–Crippen LogP) is 2.75. The van der Waals surface area contributed by atoms with E-state index in [9.17, 15) is 78.5 Å². The van der Waals surface area contributed by atoms with Gasteiger partial charge in [0.1, 0.15) is 18.3 Å². The lowest BCUT2D eigenvalue weighted by Crippen LogP contribution is -2.36. The molecule has 42 heteroatoms. The van der Waals surface area contributed by atoms with E-state index in [1.54, 1.807) is 0 Å². The molecule has 35 nitrogen and oxygen atoms in total. The van der Waals surface area contributed by atoms with Crippen molar-refractivity contribution < 1.29 is 125 Å². The van der Waals surface area contributed by atoms with Gasteiger partial charge in [0.2, 0.25) is 5.91 Å². The molecule has 0 saturated carbocycles. The number of carbonyl (C=O) groups is 3. The highest BCUT2D eigenvalue weighted by molar-refractivity contribution is 8.77. The highest BCUT2D eigenvalue weighted by atomic mass is 33.1. The maximum absolute atomic E-state index is 13.2. The fourth-order valence-corrected chi connectivity index (χ4v) is 15.0. The van der Waals surface area contributed by atoms with Gasteiger partial charge in [-0.2, -0.15) is 25.5 Å². The Labute approximate surface area is 512 Å². The summed E-state index contributed by atoms with van der Waals surface area (Å²) in [6.45, 7) is 5.64. The van der Waals surface area contributed by atoms with Crippen LogP contribution in [0.1, 0.15) is 59.2 Å². The summed E-state index contributed by atoms with van der Waals surface area (Å²) in [5.41, 5.74) is 2.05. The SMILES string of the molecule is Cc1cn([C@H]2CC(OCSSC(C)(C)CNC(=O)CCOCCOCCOCCOCCNC(=O)c3ccc(-c4c5ccc(=N)c(S(=O)(=O)O)c-5oc5c(S(=O)(=O)O)c(N)ccc45)c(C(=O)O)c3)[C@@H](COP(=O)(O)OP(=O)(O)OP(=O)(O)O)O2)c(=O)[nH]c1=O. The number of amides is 2. The number of H-pyrrole nitrogens is 1. The van der Waals surface area contributed by atoms with Gasteiger partial charge in [0.25, 0.3) is 31.7 Å². The summed E-state index contributed by atoms with van der Waals surface area (Å²) in [7, 11) is -24.9. The van der Waals surface area contributed by atoms with Gasteiger partial charge in [-0.25, -0.2) is 23.3 Å². The minimum Gasteiger partial charge on any atom is -0.478 e. The number of phosphoric acid groups is 3. The number of aryl methyl sites for hydroxylation is 1. The number of carbonyl (C=O) groups excluding carboxylic acids is 2. The predicted molar refractivity (Wildman–Crippen MR) is 312 cm³/mol. The molecule has 2 amide bonds. The molecular weight excluding hydrogens is 1330 g/mol. The third-order valence-corrected chi connectivity index (χ3v) is 20.8. The molecule has 1 saturated heterocycles. The van der Waals surface area contributed by atoms with E-state index in [0.717, 1.165) is 22.8 Å². The number of nitrogen functional groups attached to an aromatic ring is 1. The van der Waals surface area contributed by atoms with E-state index < -0.39 is 134 Å². The van der Waals surface area contributed by atoms with Crippen molar-refractivity contribution in [3.63, 3.8) is 0 Å². The Bertz CT molecular complexity index is 3960. The standard InChI is InChI=1S/C47H61N6O29P3S4/c1-26-22-53(46(59)52-43(26)55)37-21-34(35(79-37)23-78-84(63,64)82-85(65,66)81-83(60,61)62)77-25-86-87-47(2,3)24-51-36(54)10-12-73-14-16-75-18-19-76-17-15-74-13-11-50-44(56)27-4-5-28(31(20-27)45(57)58)38-29-6-8-32(48)41(88(67,68)69)39(29)80-40-30(38)7-9-33(49)42(40)89(70,71)72/h4-9,20,22,34-35,37,48H,10-19,21,23-25,49H2,1-3H3,(H,50,56)(H,51,54)(H,57,58)(H,63,64)(H,65,66)(H,52,55,59)(H2,60,61,62)(H,67,68,69)(H,70,71,72)/t34?,35-,37-/m1/s1. The highest BCUT2D eigenvalue weighted by Gasteiger charge is 2.44. The van der Waals surface area contributed by atoms with Gasteiger partial charge >= 0.3 is 35.1 Å². The van der Waals surface area contributed by atoms with Crippen molar-refractivity contribution >= 4 is 99.7 Å². The molecule has 3 unspecified atom stereocenters. The van der Waals surface area contributed by atoms with Gasteiger partial charge in [0.15, 0.2) is 21.1 Å². The molecule has 89 heavy (non-hydrogen) atoms. The summed E-state index contributed by atoms with van der Waals surface area (Å²) in [6, 6.07) is 7.92. The molecule has 3 heterocycles. The number of carboxylic acid groups (broad SMARTS) is 1. The van der Waals surface area contributed by atoms with Crippen molar-refractivity contribution in [2.24, 2.45) is 0 Å². The van der Waals surface area contributed by atoms with E-state index >= 15 is 0 Å². The molecule has 1 aromatic heterocycles. The lowest BCUT2D eigenvalue weighted by molar-refractivity contribution is -0.122. The van der Waals surface area contributed by atoms with E-state index in [0.29, 0.717) is 0 Å². The van der Waals surface area contributed by atoms with Crippen molar-refractivity contribution in [2.45, 2.75) is 66.6 Å². The first-order chi connectivity index (χ1) is 41.5. The van der Waals surface area contributed by atoms with Crippen LogP contribution in [-0.4, -0.2) is 173 Å². The second kappa shape index (κ2) is 30.9. The van der Waals surface area contributed by atoms with Crippen LogP contribution in [0.15, 0.2) is 72.5 Å². The third kappa shape index (κ3) is 21.1. The van der Waals surface area contributed by atoms with E-state index in [2.05, 4.69) is 24.2 Å². The number of fused-ring (bicyclic) bond motifs is 2.